The Hall–Kier alpha value is -1.51. The lowest BCUT2D eigenvalue weighted by atomic mass is 9.94. The average molecular weight is 263 g/mol. The lowest BCUT2D eigenvalue weighted by Gasteiger charge is -2.30. The van der Waals surface area contributed by atoms with Gasteiger partial charge in [0.1, 0.15) is 5.60 Å². The van der Waals surface area contributed by atoms with E-state index < -0.39 is 0 Å². The number of hydrogen-bond donors (Lipinski definition) is 1. The van der Waals surface area contributed by atoms with Gasteiger partial charge in [0.2, 0.25) is 0 Å². The van der Waals surface area contributed by atoms with E-state index in [0.29, 0.717) is 6.54 Å². The zero-order valence-corrected chi connectivity index (χ0v) is 12.2. The fraction of sp³-hybridized carbons (Fsp3) is 0.562. The Morgan fingerprint density at radius 2 is 1.68 bits per heavy atom. The largest absolute Gasteiger partial charge is 0.443 e. The zero-order chi connectivity index (χ0) is 14.1. The van der Waals surface area contributed by atoms with Crippen LogP contribution < -0.4 is 5.32 Å². The molecule has 1 N–H and O–H groups in total. The first kappa shape index (κ1) is 15.5. The van der Waals surface area contributed by atoms with Crippen LogP contribution in [0.5, 0.6) is 0 Å². The summed E-state index contributed by atoms with van der Waals surface area (Å²) in [6.45, 7) is 6.79. The molecule has 0 aliphatic heterocycles. The molecule has 1 rings (SSSR count). The van der Waals surface area contributed by atoms with E-state index in [2.05, 4.69) is 38.2 Å². The summed E-state index contributed by atoms with van der Waals surface area (Å²) in [5.41, 5.74) is 0.909. The van der Waals surface area contributed by atoms with E-state index in [1.807, 2.05) is 18.2 Å². The van der Waals surface area contributed by atoms with Crippen LogP contribution in [0, 0.1) is 0 Å². The van der Waals surface area contributed by atoms with Gasteiger partial charge in [-0.05, 0) is 31.2 Å². The van der Waals surface area contributed by atoms with Gasteiger partial charge in [-0.15, -0.1) is 0 Å². The SMILES string of the molecule is CCC(CC)(CC)OC(=O)NCCc1ccccc1. The first-order valence-corrected chi connectivity index (χ1v) is 7.16. The van der Waals surface area contributed by atoms with Gasteiger partial charge in [-0.1, -0.05) is 51.1 Å². The van der Waals surface area contributed by atoms with Crippen molar-refractivity contribution in [3.63, 3.8) is 0 Å². The summed E-state index contributed by atoms with van der Waals surface area (Å²) < 4.78 is 5.57. The standard InChI is InChI=1S/C16H25NO2/c1-4-16(5-2,6-3)19-15(18)17-13-12-14-10-8-7-9-11-14/h7-11H,4-6,12-13H2,1-3H3,(H,17,18). The molecule has 1 amide bonds. The minimum absolute atomic E-state index is 0.304. The third kappa shape index (κ3) is 4.93. The van der Waals surface area contributed by atoms with E-state index in [4.69, 9.17) is 4.74 Å². The van der Waals surface area contributed by atoms with Crippen LogP contribution in [0.15, 0.2) is 30.3 Å². The second-order valence-electron chi connectivity index (χ2n) is 4.80. The van der Waals surface area contributed by atoms with Gasteiger partial charge in [-0.3, -0.25) is 0 Å². The van der Waals surface area contributed by atoms with Crippen molar-refractivity contribution in [2.24, 2.45) is 0 Å². The van der Waals surface area contributed by atoms with Gasteiger partial charge < -0.3 is 10.1 Å². The van der Waals surface area contributed by atoms with Gasteiger partial charge in [-0.25, -0.2) is 4.79 Å². The molecule has 1 aromatic rings. The van der Waals surface area contributed by atoms with Gasteiger partial charge in [0.05, 0.1) is 0 Å². The quantitative estimate of drug-likeness (QED) is 0.809. The monoisotopic (exact) mass is 263 g/mol. The Balaban J connectivity index is 2.35. The molecule has 0 heterocycles. The molecule has 0 bridgehead atoms. The molecule has 106 valence electrons. The molecule has 0 fully saturated rings. The van der Waals surface area contributed by atoms with Crippen molar-refractivity contribution in [1.82, 2.24) is 5.32 Å². The molecule has 0 aromatic heterocycles. The number of amides is 1. The summed E-state index contributed by atoms with van der Waals surface area (Å²) in [5.74, 6) is 0. The van der Waals surface area contributed by atoms with Crippen molar-refractivity contribution in [1.29, 1.82) is 0 Å². The van der Waals surface area contributed by atoms with Gasteiger partial charge in [0.15, 0.2) is 0 Å². The minimum Gasteiger partial charge on any atom is -0.443 e. The number of alkyl carbamates (subject to hydrolysis) is 1. The van der Waals surface area contributed by atoms with Crippen molar-refractivity contribution in [2.75, 3.05) is 6.54 Å². The van der Waals surface area contributed by atoms with Crippen LogP contribution >= 0.6 is 0 Å². The summed E-state index contributed by atoms with van der Waals surface area (Å²) >= 11 is 0. The first-order valence-electron chi connectivity index (χ1n) is 7.16. The molecule has 0 unspecified atom stereocenters. The van der Waals surface area contributed by atoms with Crippen LogP contribution in [-0.4, -0.2) is 18.2 Å². The van der Waals surface area contributed by atoms with Gasteiger partial charge in [0.25, 0.3) is 0 Å². The maximum absolute atomic E-state index is 11.8. The fourth-order valence-corrected chi connectivity index (χ4v) is 2.15. The molecule has 0 radical (unpaired) electrons. The summed E-state index contributed by atoms with van der Waals surface area (Å²) in [7, 11) is 0. The molecule has 19 heavy (non-hydrogen) atoms. The van der Waals surface area contributed by atoms with Crippen LogP contribution in [-0.2, 0) is 11.2 Å². The van der Waals surface area contributed by atoms with Crippen LogP contribution in [0.2, 0.25) is 0 Å². The number of carbonyl (C=O) groups is 1. The van der Waals surface area contributed by atoms with Crippen molar-refractivity contribution in [2.45, 2.75) is 52.1 Å². The third-order valence-corrected chi connectivity index (χ3v) is 3.77. The van der Waals surface area contributed by atoms with E-state index in [1.54, 1.807) is 0 Å². The number of nitrogens with one attached hydrogen (secondary N) is 1. The minimum atomic E-state index is -0.309. The van der Waals surface area contributed by atoms with Gasteiger partial charge in [0, 0.05) is 6.54 Å². The normalized spacial score (nSPS) is 11.1. The number of rotatable bonds is 7. The maximum Gasteiger partial charge on any atom is 0.407 e. The molecule has 0 saturated carbocycles. The zero-order valence-electron chi connectivity index (χ0n) is 12.2. The molecular weight excluding hydrogens is 238 g/mol. The molecule has 0 atom stereocenters. The highest BCUT2D eigenvalue weighted by molar-refractivity contribution is 5.67. The van der Waals surface area contributed by atoms with Gasteiger partial charge in [-0.2, -0.15) is 0 Å². The van der Waals surface area contributed by atoms with Crippen LogP contribution in [0.4, 0.5) is 4.79 Å². The molecule has 0 saturated heterocycles. The average Bonchev–Trinajstić information content (AvgIpc) is 2.46. The molecule has 0 aliphatic carbocycles. The van der Waals surface area contributed by atoms with E-state index >= 15 is 0 Å². The first-order chi connectivity index (χ1) is 9.15. The van der Waals surface area contributed by atoms with Crippen LogP contribution in [0.1, 0.15) is 45.6 Å². The van der Waals surface area contributed by atoms with E-state index in [0.717, 1.165) is 25.7 Å². The van der Waals surface area contributed by atoms with Crippen molar-refractivity contribution < 1.29 is 9.53 Å². The number of benzene rings is 1. The highest BCUT2D eigenvalue weighted by Crippen LogP contribution is 2.24. The molecule has 1 aromatic carbocycles. The highest BCUT2D eigenvalue weighted by Gasteiger charge is 2.28. The number of hydrogen-bond acceptors (Lipinski definition) is 2. The summed E-state index contributed by atoms with van der Waals surface area (Å²) in [5, 5.41) is 2.83. The van der Waals surface area contributed by atoms with Crippen molar-refractivity contribution in [3.05, 3.63) is 35.9 Å². The molecule has 0 aliphatic rings. The molecule has 0 spiro atoms. The van der Waals surface area contributed by atoms with Gasteiger partial charge >= 0.3 is 6.09 Å². The Labute approximate surface area is 116 Å². The van der Waals surface area contributed by atoms with Crippen LogP contribution in [0.3, 0.4) is 0 Å². The second kappa shape index (κ2) is 7.82. The number of carbonyl (C=O) groups excluding carboxylic acids is 1. The number of ether oxygens (including phenoxy) is 1. The smallest absolute Gasteiger partial charge is 0.407 e. The van der Waals surface area contributed by atoms with Crippen LogP contribution in [0.25, 0.3) is 0 Å². The van der Waals surface area contributed by atoms with E-state index in [9.17, 15) is 4.79 Å². The van der Waals surface area contributed by atoms with E-state index in [-0.39, 0.29) is 11.7 Å². The predicted octanol–water partition coefficient (Wildman–Crippen LogP) is 3.92. The summed E-state index contributed by atoms with van der Waals surface area (Å²) in [6.07, 6.45) is 3.08. The van der Waals surface area contributed by atoms with Crippen molar-refractivity contribution >= 4 is 6.09 Å². The molecule has 3 nitrogen and oxygen atoms in total. The molecular formula is C16H25NO2. The Morgan fingerprint density at radius 3 is 2.21 bits per heavy atom. The topological polar surface area (TPSA) is 38.3 Å². The highest BCUT2D eigenvalue weighted by atomic mass is 16.6. The van der Waals surface area contributed by atoms with Crippen molar-refractivity contribution in [3.8, 4) is 0 Å². The summed E-state index contributed by atoms with van der Waals surface area (Å²) in [4.78, 5) is 11.8. The maximum atomic E-state index is 11.8. The predicted molar refractivity (Wildman–Crippen MR) is 78.2 cm³/mol. The van der Waals surface area contributed by atoms with E-state index in [1.165, 1.54) is 5.56 Å². The third-order valence-electron chi connectivity index (χ3n) is 3.77. The summed E-state index contributed by atoms with van der Waals surface area (Å²) in [6, 6.07) is 10.1. The Kier molecular flexibility index (Phi) is 6.40. The lowest BCUT2D eigenvalue weighted by molar-refractivity contribution is 0.00178. The second-order valence-corrected chi connectivity index (χ2v) is 4.80. The molecule has 3 heteroatoms. The Morgan fingerprint density at radius 1 is 1.11 bits per heavy atom. The fourth-order valence-electron chi connectivity index (χ4n) is 2.15. The lowest BCUT2D eigenvalue weighted by Crippen LogP contribution is -2.38. The Bertz CT molecular complexity index is 363.